The van der Waals surface area contributed by atoms with Crippen molar-refractivity contribution >= 4 is 23.5 Å². The van der Waals surface area contributed by atoms with Crippen LogP contribution in [0.5, 0.6) is 5.75 Å². The van der Waals surface area contributed by atoms with E-state index in [1.54, 1.807) is 27.0 Å². The molecule has 1 aromatic rings. The number of ether oxygens (including phenoxy) is 1. The lowest BCUT2D eigenvalue weighted by atomic mass is 9.99. The van der Waals surface area contributed by atoms with Crippen LogP contribution in [0.2, 0.25) is 0 Å². The molecule has 1 aliphatic heterocycles. The highest BCUT2D eigenvalue weighted by Crippen LogP contribution is 2.29. The van der Waals surface area contributed by atoms with E-state index in [0.29, 0.717) is 11.3 Å². The number of aliphatic hydroxyl groups is 2. The van der Waals surface area contributed by atoms with E-state index >= 15 is 0 Å². The van der Waals surface area contributed by atoms with Crippen LogP contribution in [0.15, 0.2) is 30.4 Å². The second-order valence-corrected chi connectivity index (χ2v) is 6.59. The molecule has 0 amide bonds. The van der Waals surface area contributed by atoms with E-state index in [0.717, 1.165) is 0 Å². The number of hydrogen-bond acceptors (Lipinski definition) is 7. The second-order valence-electron chi connectivity index (χ2n) is 6.59. The summed E-state index contributed by atoms with van der Waals surface area (Å²) in [4.78, 5) is 24.6. The summed E-state index contributed by atoms with van der Waals surface area (Å²) < 4.78 is 5.44. The summed E-state index contributed by atoms with van der Waals surface area (Å²) in [5, 5.41) is 33.2. The Balaban J connectivity index is 2.50. The van der Waals surface area contributed by atoms with Gasteiger partial charge in [0.1, 0.15) is 23.5 Å². The van der Waals surface area contributed by atoms with Crippen molar-refractivity contribution in [3.63, 3.8) is 0 Å². The maximum atomic E-state index is 12.6. The van der Waals surface area contributed by atoms with Crippen LogP contribution in [0.4, 0.5) is 5.69 Å². The highest BCUT2D eigenvalue weighted by Gasteiger charge is 2.25. The Bertz CT molecular complexity index is 770. The number of ketones is 1. The number of anilines is 1. The Morgan fingerprint density at radius 3 is 2.52 bits per heavy atom. The lowest BCUT2D eigenvalue weighted by molar-refractivity contribution is -0.127. The van der Waals surface area contributed by atoms with E-state index in [1.165, 1.54) is 30.4 Å². The summed E-state index contributed by atoms with van der Waals surface area (Å²) in [6, 6.07) is 3.07. The van der Waals surface area contributed by atoms with Crippen LogP contribution in [-0.4, -0.2) is 52.4 Å². The number of hydrogen-bond donors (Lipinski definition) is 4. The minimum absolute atomic E-state index is 0.00820. The van der Waals surface area contributed by atoms with Crippen molar-refractivity contribution in [1.29, 1.82) is 0 Å². The average Bonchev–Trinajstić information content (AvgIpc) is 2.63. The number of benzene rings is 1. The van der Waals surface area contributed by atoms with E-state index in [9.17, 15) is 24.9 Å². The Morgan fingerprint density at radius 1 is 1.15 bits per heavy atom. The van der Waals surface area contributed by atoms with Crippen molar-refractivity contribution in [2.75, 3.05) is 12.4 Å². The zero-order valence-corrected chi connectivity index (χ0v) is 15.5. The molecule has 1 aromatic carbocycles. The number of phenols is 1. The van der Waals surface area contributed by atoms with Crippen LogP contribution >= 0.6 is 0 Å². The van der Waals surface area contributed by atoms with Crippen molar-refractivity contribution in [3.8, 4) is 5.75 Å². The van der Waals surface area contributed by atoms with Gasteiger partial charge in [0.05, 0.1) is 6.10 Å². The zero-order valence-electron chi connectivity index (χ0n) is 15.5. The van der Waals surface area contributed by atoms with E-state index in [-0.39, 0.29) is 23.7 Å². The van der Waals surface area contributed by atoms with Crippen LogP contribution < -0.4 is 5.32 Å². The molecule has 2 rings (SSSR count). The third kappa shape index (κ3) is 4.96. The zero-order chi connectivity index (χ0) is 20.1. The molecule has 7 nitrogen and oxygen atoms in total. The molecule has 0 saturated heterocycles. The summed E-state index contributed by atoms with van der Waals surface area (Å²) in [5.41, 5.74) is 0.992. The lowest BCUT2D eigenvalue weighted by Crippen LogP contribution is -2.32. The van der Waals surface area contributed by atoms with E-state index in [1.807, 2.05) is 0 Å². The van der Waals surface area contributed by atoms with Gasteiger partial charge in [-0.1, -0.05) is 25.2 Å². The van der Waals surface area contributed by atoms with E-state index in [2.05, 4.69) is 5.32 Å². The molecule has 0 spiro atoms. The van der Waals surface area contributed by atoms with Crippen molar-refractivity contribution in [2.45, 2.75) is 38.6 Å². The third-order valence-corrected chi connectivity index (χ3v) is 4.57. The second kappa shape index (κ2) is 8.83. The maximum absolute atomic E-state index is 12.6. The molecule has 1 aliphatic rings. The molecule has 7 heteroatoms. The predicted molar refractivity (Wildman–Crippen MR) is 102 cm³/mol. The van der Waals surface area contributed by atoms with Gasteiger partial charge in [0.15, 0.2) is 5.78 Å². The topological polar surface area (TPSA) is 116 Å². The average molecular weight is 375 g/mol. The predicted octanol–water partition coefficient (Wildman–Crippen LogP) is 1.88. The normalized spacial score (nSPS) is 29.2. The molecule has 27 heavy (non-hydrogen) atoms. The van der Waals surface area contributed by atoms with Gasteiger partial charge >= 0.3 is 5.97 Å². The highest BCUT2D eigenvalue weighted by atomic mass is 16.5. The van der Waals surface area contributed by atoms with Crippen molar-refractivity contribution in [2.24, 2.45) is 5.92 Å². The molecule has 1 heterocycles. The summed E-state index contributed by atoms with van der Waals surface area (Å²) in [5.74, 6) is -1.85. The number of carbonyl (C=O) groups is 2. The number of aliphatic hydroxyl groups excluding tert-OH is 2. The summed E-state index contributed by atoms with van der Waals surface area (Å²) in [6.45, 7) is 3.42. The van der Waals surface area contributed by atoms with Gasteiger partial charge in [-0.3, -0.25) is 4.79 Å². The first kappa shape index (κ1) is 20.7. The molecule has 0 fully saturated rings. The molecule has 0 aliphatic carbocycles. The van der Waals surface area contributed by atoms with Crippen molar-refractivity contribution in [1.82, 2.24) is 0 Å². The van der Waals surface area contributed by atoms with Gasteiger partial charge in [0.25, 0.3) is 0 Å². The summed E-state index contributed by atoms with van der Waals surface area (Å²) >= 11 is 0. The fourth-order valence-corrected chi connectivity index (χ4v) is 2.64. The molecule has 0 saturated carbocycles. The largest absolute Gasteiger partial charge is 0.507 e. The van der Waals surface area contributed by atoms with Gasteiger partial charge in [-0.25, -0.2) is 4.79 Å². The third-order valence-electron chi connectivity index (χ3n) is 4.57. The van der Waals surface area contributed by atoms with E-state index in [4.69, 9.17) is 4.74 Å². The number of carbonyl (C=O) groups excluding carboxylic acids is 2. The molecular formula is C20H25NO6. The van der Waals surface area contributed by atoms with Gasteiger partial charge in [-0.2, -0.15) is 0 Å². The van der Waals surface area contributed by atoms with E-state index < -0.39 is 30.1 Å². The maximum Gasteiger partial charge on any atom is 0.342 e. The quantitative estimate of drug-likeness (QED) is 0.554. The van der Waals surface area contributed by atoms with Crippen LogP contribution in [-0.2, 0) is 9.53 Å². The molecule has 146 valence electrons. The van der Waals surface area contributed by atoms with Gasteiger partial charge < -0.3 is 25.4 Å². The Morgan fingerprint density at radius 2 is 1.85 bits per heavy atom. The van der Waals surface area contributed by atoms with Crippen molar-refractivity contribution in [3.05, 3.63) is 41.5 Å². The van der Waals surface area contributed by atoms with Crippen LogP contribution in [0.25, 0.3) is 6.08 Å². The van der Waals surface area contributed by atoms with Gasteiger partial charge in [-0.15, -0.1) is 0 Å². The first-order chi connectivity index (χ1) is 12.7. The van der Waals surface area contributed by atoms with Gasteiger partial charge in [0.2, 0.25) is 0 Å². The SMILES string of the molecule is CNc1cc(O)c2c(c1)/C=C/C[C@H](O)C(O)C(=O)/C=C\[C@@H](C)[C@H](C)OC2=O. The fourth-order valence-electron chi connectivity index (χ4n) is 2.64. The number of aromatic hydroxyl groups is 1. The minimum atomic E-state index is -1.55. The molecule has 0 bridgehead atoms. The van der Waals surface area contributed by atoms with Crippen LogP contribution in [0.1, 0.15) is 36.2 Å². The summed E-state index contributed by atoms with van der Waals surface area (Å²) in [6.07, 6.45) is 2.34. The number of cyclic esters (lactones) is 1. The Kier molecular flexibility index (Phi) is 6.76. The fraction of sp³-hybridized carbons (Fsp3) is 0.400. The first-order valence-electron chi connectivity index (χ1n) is 8.75. The van der Waals surface area contributed by atoms with Gasteiger partial charge in [0, 0.05) is 24.7 Å². The molecule has 0 radical (unpaired) electrons. The van der Waals surface area contributed by atoms with Crippen LogP contribution in [0.3, 0.4) is 0 Å². The van der Waals surface area contributed by atoms with Crippen LogP contribution in [0, 0.1) is 5.92 Å². The first-order valence-corrected chi connectivity index (χ1v) is 8.75. The number of esters is 1. The molecule has 1 unspecified atom stereocenters. The number of fused-ring (bicyclic) bond motifs is 1. The monoisotopic (exact) mass is 375 g/mol. The minimum Gasteiger partial charge on any atom is -0.507 e. The molecule has 0 aromatic heterocycles. The highest BCUT2D eigenvalue weighted by molar-refractivity contribution is 5.97. The standard InChI is InChI=1S/C20H25NO6/c1-11-7-8-16(23)19(25)15(22)6-4-5-13-9-14(21-3)10-17(24)18(13)20(26)27-12(11)2/h4-5,7-12,15,19,21-22,24-25H,6H2,1-3H3/b5-4+,8-7-/t11-,12+,15+,19?/m1/s1. The Labute approximate surface area is 158 Å². The number of nitrogens with one attached hydrogen (secondary N) is 1. The Hall–Kier alpha value is -2.64. The smallest absolute Gasteiger partial charge is 0.342 e. The lowest BCUT2D eigenvalue weighted by Gasteiger charge is -2.20. The molecular weight excluding hydrogens is 350 g/mol. The summed E-state index contributed by atoms with van der Waals surface area (Å²) in [7, 11) is 1.67. The van der Waals surface area contributed by atoms with Gasteiger partial charge in [-0.05, 0) is 31.1 Å². The number of rotatable bonds is 1. The number of phenolic OH excluding ortho intramolecular Hbond substituents is 1. The molecule has 4 N–H and O–H groups in total. The molecule has 4 atom stereocenters. The van der Waals surface area contributed by atoms with Crippen molar-refractivity contribution < 1.29 is 29.6 Å².